The first-order valence-electron chi connectivity index (χ1n) is 20.4. The quantitative estimate of drug-likeness (QED) is 0.0552. The van der Waals surface area contributed by atoms with E-state index in [-0.39, 0.29) is 39.6 Å². The van der Waals surface area contributed by atoms with E-state index in [1.54, 1.807) is 36.7 Å². The van der Waals surface area contributed by atoms with Crippen molar-refractivity contribution in [3.05, 3.63) is 164 Å². The lowest BCUT2D eigenvalue weighted by atomic mass is 9.91. The molecule has 4 N–H and O–H groups in total. The van der Waals surface area contributed by atoms with Crippen molar-refractivity contribution in [2.45, 2.75) is 53.4 Å². The zero-order valence-electron chi connectivity index (χ0n) is 35.5. The van der Waals surface area contributed by atoms with E-state index in [0.717, 1.165) is 33.4 Å². The summed E-state index contributed by atoms with van der Waals surface area (Å²) in [5.41, 5.74) is 8.76. The first-order valence-corrected chi connectivity index (χ1v) is 20.4. The summed E-state index contributed by atoms with van der Waals surface area (Å²) in [5.74, 6) is 2.18. The average molecular weight is 855 g/mol. The second-order valence-electron chi connectivity index (χ2n) is 14.7. The van der Waals surface area contributed by atoms with Crippen LogP contribution in [0.5, 0.6) is 23.0 Å². The van der Waals surface area contributed by atoms with Crippen LogP contribution in [0.3, 0.4) is 0 Å². The maximum Gasteiger partial charge on any atom is 0.128 e. The molecule has 4 aromatic carbocycles. The Morgan fingerprint density at radius 1 is 0.500 bits per heavy atom. The van der Waals surface area contributed by atoms with Crippen LogP contribution >= 0.6 is 0 Å². The molecule has 0 unspecified atom stereocenters. The van der Waals surface area contributed by atoms with Crippen molar-refractivity contribution in [1.82, 2.24) is 20.6 Å². The van der Waals surface area contributed by atoms with Gasteiger partial charge < -0.3 is 39.8 Å². The molecule has 322 valence electrons. The Hall–Kier alpha value is -7.82. The fourth-order valence-electron chi connectivity index (χ4n) is 6.96. The lowest BCUT2D eigenvalue weighted by Gasteiger charge is -2.18. The summed E-state index contributed by atoms with van der Waals surface area (Å²) in [6, 6.07) is 30.7. The van der Waals surface area contributed by atoms with Gasteiger partial charge in [-0.15, -0.1) is 0 Å². The minimum atomic E-state index is -0.0182. The van der Waals surface area contributed by atoms with Gasteiger partial charge in [-0.25, -0.2) is 0 Å². The van der Waals surface area contributed by atoms with E-state index in [2.05, 4.69) is 44.9 Å². The van der Waals surface area contributed by atoms with Gasteiger partial charge in [0.15, 0.2) is 0 Å². The number of benzene rings is 4. The summed E-state index contributed by atoms with van der Waals surface area (Å²) in [7, 11) is 0. The molecular weight excluding hydrogens is 809 g/mol. The second-order valence-corrected chi connectivity index (χ2v) is 14.7. The molecule has 0 saturated carbocycles. The van der Waals surface area contributed by atoms with E-state index < -0.39 is 0 Å². The Kier molecular flexibility index (Phi) is 16.3. The zero-order valence-corrected chi connectivity index (χ0v) is 35.5. The van der Waals surface area contributed by atoms with Gasteiger partial charge in [0.2, 0.25) is 0 Å². The number of nitrogens with zero attached hydrogens (tertiary/aromatic N) is 6. The van der Waals surface area contributed by atoms with Crippen molar-refractivity contribution in [3.63, 3.8) is 0 Å². The first kappa shape index (κ1) is 45.7. The first-order chi connectivity index (χ1) is 31.3. The lowest BCUT2D eigenvalue weighted by Crippen LogP contribution is -2.18. The van der Waals surface area contributed by atoms with Gasteiger partial charge in [-0.05, 0) is 49.2 Å². The van der Waals surface area contributed by atoms with Crippen LogP contribution in [0.15, 0.2) is 97.6 Å². The minimum Gasteiger partial charge on any atom is -0.488 e. The van der Waals surface area contributed by atoms with E-state index in [4.69, 9.17) is 18.9 Å². The smallest absolute Gasteiger partial charge is 0.128 e. The highest BCUT2D eigenvalue weighted by Crippen LogP contribution is 2.35. The second kappa shape index (κ2) is 22.9. The molecule has 64 heavy (non-hydrogen) atoms. The topological polar surface area (TPSA) is 222 Å². The normalized spacial score (nSPS) is 10.6. The van der Waals surface area contributed by atoms with Crippen LogP contribution in [0.1, 0.15) is 66.8 Å². The van der Waals surface area contributed by atoms with E-state index in [1.807, 2.05) is 62.4 Å². The highest BCUT2D eigenvalue weighted by molar-refractivity contribution is 5.78. The molecule has 0 aliphatic rings. The van der Waals surface area contributed by atoms with E-state index in [0.29, 0.717) is 93.7 Å². The molecule has 2 aromatic heterocycles. The summed E-state index contributed by atoms with van der Waals surface area (Å²) in [5, 5.41) is 64.8. The maximum atomic E-state index is 10.6. The fraction of sp³-hybridized carbons (Fsp3) is 0.240. The van der Waals surface area contributed by atoms with Crippen LogP contribution in [0.2, 0.25) is 0 Å². The number of hydrogen-bond acceptors (Lipinski definition) is 14. The number of aliphatic hydroxyl groups is 2. The van der Waals surface area contributed by atoms with Crippen molar-refractivity contribution < 1.29 is 29.2 Å². The lowest BCUT2D eigenvalue weighted by molar-refractivity contribution is 0.281. The molecule has 0 amide bonds. The van der Waals surface area contributed by atoms with E-state index in [9.17, 15) is 31.3 Å². The van der Waals surface area contributed by atoms with Crippen LogP contribution in [0.25, 0.3) is 11.1 Å². The molecule has 6 rings (SSSR count). The molecule has 0 radical (unpaired) electrons. The molecule has 2 heterocycles. The summed E-state index contributed by atoms with van der Waals surface area (Å²) in [6.45, 7) is 5.88. The number of nitriles is 4. The number of hydrogen-bond donors (Lipinski definition) is 4. The Labute approximate surface area is 372 Å². The Balaban J connectivity index is 1.23. The molecule has 14 nitrogen and oxygen atoms in total. The number of aryl methyl sites for hydroxylation is 2. The third-order valence-electron chi connectivity index (χ3n) is 10.1. The van der Waals surface area contributed by atoms with Crippen LogP contribution in [-0.2, 0) is 39.5 Å². The predicted molar refractivity (Wildman–Crippen MR) is 236 cm³/mol. The third kappa shape index (κ3) is 11.8. The molecule has 6 aromatic rings. The van der Waals surface area contributed by atoms with Crippen LogP contribution in [-0.4, -0.2) is 46.5 Å². The molecule has 14 heteroatoms. The van der Waals surface area contributed by atoms with Crippen molar-refractivity contribution >= 4 is 0 Å². The zero-order chi connectivity index (χ0) is 45.3. The summed E-state index contributed by atoms with van der Waals surface area (Å²) >= 11 is 0. The number of rotatable bonds is 21. The summed E-state index contributed by atoms with van der Waals surface area (Å²) in [6.07, 6.45) is 6.25. The molecule has 0 aliphatic heterocycles. The van der Waals surface area contributed by atoms with E-state index >= 15 is 0 Å². The van der Waals surface area contributed by atoms with Crippen LogP contribution in [0.4, 0.5) is 0 Å². The van der Waals surface area contributed by atoms with Crippen molar-refractivity contribution in [2.24, 2.45) is 0 Å². The molecule has 0 spiro atoms. The van der Waals surface area contributed by atoms with E-state index in [1.165, 1.54) is 12.4 Å². The third-order valence-corrected chi connectivity index (χ3v) is 10.1. The van der Waals surface area contributed by atoms with Gasteiger partial charge >= 0.3 is 0 Å². The Morgan fingerprint density at radius 3 is 1.31 bits per heavy atom. The Bertz CT molecular complexity index is 2580. The number of pyridine rings is 2. The van der Waals surface area contributed by atoms with Crippen LogP contribution < -0.4 is 29.6 Å². The molecule has 0 atom stereocenters. The number of ether oxygens (including phenoxy) is 4. The van der Waals surface area contributed by atoms with Gasteiger partial charge in [-0.1, -0.05) is 36.4 Å². The monoisotopic (exact) mass is 854 g/mol. The number of aromatic nitrogens is 2. The van der Waals surface area contributed by atoms with Gasteiger partial charge in [-0.2, -0.15) is 21.0 Å². The highest BCUT2D eigenvalue weighted by atomic mass is 16.5. The summed E-state index contributed by atoms with van der Waals surface area (Å²) in [4.78, 5) is 8.25. The SMILES string of the molecule is Cc1cc(CNCCO)c(OCc2cncc(C#N)c2)cc1OCc1cccc(-c2cccc(COc3cc(OCc4cncc(C#N)c4)c(CNCCO)cc3C)c2C#N)c1C#N. The molecule has 0 aliphatic carbocycles. The fourth-order valence-corrected chi connectivity index (χ4v) is 6.96. The minimum absolute atomic E-state index is 0.0182. The Morgan fingerprint density at radius 2 is 0.922 bits per heavy atom. The molecule has 0 bridgehead atoms. The number of aliphatic hydroxyl groups excluding tert-OH is 2. The maximum absolute atomic E-state index is 10.6. The molecule has 0 saturated heterocycles. The predicted octanol–water partition coefficient (Wildman–Crippen LogP) is 6.73. The highest BCUT2D eigenvalue weighted by Gasteiger charge is 2.19. The van der Waals surface area contributed by atoms with Crippen molar-refractivity contribution in [2.75, 3.05) is 26.3 Å². The van der Waals surface area contributed by atoms with Gasteiger partial charge in [-0.3, -0.25) is 9.97 Å². The molecular formula is C50H46N8O6. The summed E-state index contributed by atoms with van der Waals surface area (Å²) < 4.78 is 25.2. The standard InChI is InChI=1S/C50H46N8O6/c1-33-13-41(27-55-9-11-59)49(61-29-37-15-35(19-51)23-57-25-37)17-47(33)63-31-39-5-3-7-43(45(39)21-53)44-8-4-6-40(46(44)22-54)32-64-48-18-50(42(14-34(48)2)28-56-10-12-60)62-30-38-16-36(20-52)24-58-26-38/h3-8,13-18,23-26,55-56,59-60H,9-12,27-32H2,1-2H3. The van der Waals surface area contributed by atoms with Gasteiger partial charge in [0.1, 0.15) is 73.7 Å². The van der Waals surface area contributed by atoms with Crippen LogP contribution in [0, 0.1) is 59.2 Å². The van der Waals surface area contributed by atoms with Gasteiger partial charge in [0.25, 0.3) is 0 Å². The average Bonchev–Trinajstić information content (AvgIpc) is 3.32. The number of nitrogens with one attached hydrogen (secondary N) is 2. The van der Waals surface area contributed by atoms with Crippen molar-refractivity contribution in [3.8, 4) is 58.4 Å². The largest absolute Gasteiger partial charge is 0.488 e. The van der Waals surface area contributed by atoms with Gasteiger partial charge in [0, 0.05) is 108 Å². The van der Waals surface area contributed by atoms with Gasteiger partial charge in [0.05, 0.1) is 35.5 Å². The molecule has 0 fully saturated rings. The van der Waals surface area contributed by atoms with Crippen molar-refractivity contribution in [1.29, 1.82) is 21.0 Å².